The first-order chi connectivity index (χ1) is 8.65. The number of aliphatic hydroxyl groups excluding tert-OH is 1. The molecule has 0 heterocycles. The smallest absolute Gasteiger partial charge is 0.158 e. The number of rotatable bonds is 0. The van der Waals surface area contributed by atoms with Crippen LogP contribution in [0, 0.1) is 0 Å². The summed E-state index contributed by atoms with van der Waals surface area (Å²) in [4.78, 5) is 0. The van der Waals surface area contributed by atoms with Crippen molar-refractivity contribution < 1.29 is 15.3 Å². The van der Waals surface area contributed by atoms with Gasteiger partial charge in [0, 0.05) is 6.42 Å². The molecular weight excluding hydrogens is 228 g/mol. The maximum Gasteiger partial charge on any atom is 0.158 e. The number of allylic oxidation sites excluding steroid dienone is 2. The quantitative estimate of drug-likeness (QED) is 0.515. The first-order valence-corrected chi connectivity index (χ1v) is 5.77. The monoisotopic (exact) mass is 238 g/mol. The summed E-state index contributed by atoms with van der Waals surface area (Å²) in [5.74, 6) is 0.143. The highest BCUT2D eigenvalue weighted by atomic mass is 16.3. The molecular formula is C15H10O3. The van der Waals surface area contributed by atoms with Crippen LogP contribution in [-0.2, 0) is 6.42 Å². The third-order valence-corrected chi connectivity index (χ3v) is 3.64. The van der Waals surface area contributed by atoms with E-state index in [1.807, 2.05) is 12.2 Å². The lowest BCUT2D eigenvalue weighted by Crippen LogP contribution is -2.17. The van der Waals surface area contributed by atoms with Gasteiger partial charge in [-0.15, -0.1) is 0 Å². The SMILES string of the molecule is OC1=CC=c2c(c3c(c4cc(O)c(O)cc24)=C3)C1. The molecule has 4 rings (SSSR count). The van der Waals surface area contributed by atoms with Crippen LogP contribution in [0.15, 0.2) is 24.0 Å². The van der Waals surface area contributed by atoms with Gasteiger partial charge in [0.05, 0.1) is 5.76 Å². The third-order valence-electron chi connectivity index (χ3n) is 3.64. The molecule has 0 aliphatic heterocycles. The van der Waals surface area contributed by atoms with Crippen LogP contribution in [0.2, 0.25) is 0 Å². The fraction of sp³-hybridized carbons (Fsp3) is 0.0667. The molecule has 0 spiro atoms. The van der Waals surface area contributed by atoms with Crippen LogP contribution in [0.25, 0.3) is 22.9 Å². The average Bonchev–Trinajstić information content (AvgIpc) is 3.12. The van der Waals surface area contributed by atoms with Gasteiger partial charge in [0.15, 0.2) is 11.5 Å². The highest BCUT2D eigenvalue weighted by Crippen LogP contribution is 2.30. The van der Waals surface area contributed by atoms with Gasteiger partial charge < -0.3 is 15.3 Å². The molecule has 0 bridgehead atoms. The standard InChI is InChI=1S/C15H10O3/c16-7-1-2-8-9(3-7)10-4-11(10)13-6-15(18)14(17)5-12(8)13/h1-2,4-6,16-18H,3H2. The first-order valence-electron chi connectivity index (χ1n) is 5.77. The maximum absolute atomic E-state index is 9.64. The van der Waals surface area contributed by atoms with Crippen molar-refractivity contribution in [2.75, 3.05) is 0 Å². The van der Waals surface area contributed by atoms with Crippen molar-refractivity contribution in [3.8, 4) is 11.5 Å². The summed E-state index contributed by atoms with van der Waals surface area (Å²) in [6.07, 6.45) is 6.12. The zero-order chi connectivity index (χ0) is 12.4. The van der Waals surface area contributed by atoms with E-state index in [1.54, 1.807) is 18.2 Å². The number of hydrogen-bond acceptors (Lipinski definition) is 3. The van der Waals surface area contributed by atoms with Crippen LogP contribution in [0.5, 0.6) is 11.5 Å². The number of phenols is 2. The predicted molar refractivity (Wildman–Crippen MR) is 69.0 cm³/mol. The van der Waals surface area contributed by atoms with Gasteiger partial charge in [-0.25, -0.2) is 0 Å². The minimum Gasteiger partial charge on any atom is -0.512 e. The Hall–Kier alpha value is -2.42. The molecule has 2 aliphatic rings. The second-order valence-corrected chi connectivity index (χ2v) is 4.75. The largest absolute Gasteiger partial charge is 0.512 e. The molecule has 0 unspecified atom stereocenters. The normalized spacial score (nSPS) is 15.2. The van der Waals surface area contributed by atoms with Crippen LogP contribution in [0.3, 0.4) is 0 Å². The predicted octanol–water partition coefficient (Wildman–Crippen LogP) is 1.17. The lowest BCUT2D eigenvalue weighted by atomic mass is 9.96. The lowest BCUT2D eigenvalue weighted by Gasteiger charge is -2.10. The summed E-state index contributed by atoms with van der Waals surface area (Å²) in [6, 6.07) is 3.18. The van der Waals surface area contributed by atoms with E-state index < -0.39 is 0 Å². The lowest BCUT2D eigenvalue weighted by molar-refractivity contribution is 0.398. The van der Waals surface area contributed by atoms with Gasteiger partial charge in [-0.05, 0) is 56.6 Å². The summed E-state index contributed by atoms with van der Waals surface area (Å²) in [6.45, 7) is 0. The van der Waals surface area contributed by atoms with Crippen molar-refractivity contribution >= 4 is 22.9 Å². The first kappa shape index (κ1) is 9.59. The number of phenolic OH excluding ortho intramolecular Hbond substituents is 2. The average molecular weight is 238 g/mol. The Morgan fingerprint density at radius 3 is 2.22 bits per heavy atom. The van der Waals surface area contributed by atoms with E-state index in [1.165, 1.54) is 0 Å². The van der Waals surface area contributed by atoms with Crippen molar-refractivity contribution in [1.82, 2.24) is 0 Å². The van der Waals surface area contributed by atoms with Crippen molar-refractivity contribution in [2.24, 2.45) is 0 Å². The second-order valence-electron chi connectivity index (χ2n) is 4.75. The van der Waals surface area contributed by atoms with Gasteiger partial charge in [-0.3, -0.25) is 0 Å². The van der Waals surface area contributed by atoms with Crippen LogP contribution in [0.4, 0.5) is 0 Å². The van der Waals surface area contributed by atoms with Gasteiger partial charge in [-0.1, -0.05) is 6.08 Å². The van der Waals surface area contributed by atoms with Gasteiger partial charge in [0.25, 0.3) is 0 Å². The molecule has 3 N–H and O–H groups in total. The number of fused-ring (bicyclic) bond motifs is 6. The minimum absolute atomic E-state index is 0.0980. The molecule has 2 aromatic carbocycles. The Kier molecular flexibility index (Phi) is 1.53. The number of aliphatic hydroxyl groups is 1. The Bertz CT molecular complexity index is 873. The second kappa shape index (κ2) is 2.88. The number of aromatic hydroxyl groups is 2. The highest BCUT2D eigenvalue weighted by Gasteiger charge is 2.21. The van der Waals surface area contributed by atoms with Crippen molar-refractivity contribution in [3.63, 3.8) is 0 Å². The summed E-state index contributed by atoms with van der Waals surface area (Å²) in [7, 11) is 0. The molecule has 18 heavy (non-hydrogen) atoms. The molecule has 2 aliphatic carbocycles. The zero-order valence-electron chi connectivity index (χ0n) is 9.44. The molecule has 88 valence electrons. The summed E-state index contributed by atoms with van der Waals surface area (Å²) in [5, 5.41) is 32.8. The van der Waals surface area contributed by atoms with Crippen molar-refractivity contribution in [3.05, 3.63) is 45.5 Å². The molecule has 0 amide bonds. The fourth-order valence-corrected chi connectivity index (χ4v) is 2.71. The summed E-state index contributed by atoms with van der Waals surface area (Å²) < 4.78 is 0. The maximum atomic E-state index is 9.64. The van der Waals surface area contributed by atoms with E-state index in [2.05, 4.69) is 0 Å². The molecule has 0 atom stereocenters. The van der Waals surface area contributed by atoms with Crippen molar-refractivity contribution in [1.29, 1.82) is 0 Å². The van der Waals surface area contributed by atoms with E-state index in [4.69, 9.17) is 0 Å². The number of hydrogen-bond donors (Lipinski definition) is 3. The van der Waals surface area contributed by atoms with E-state index >= 15 is 0 Å². The van der Waals surface area contributed by atoms with Crippen LogP contribution < -0.4 is 10.4 Å². The van der Waals surface area contributed by atoms with Crippen LogP contribution in [0.1, 0.15) is 11.1 Å². The molecule has 3 heteroatoms. The summed E-state index contributed by atoms with van der Waals surface area (Å²) >= 11 is 0. The third kappa shape index (κ3) is 1.08. The molecule has 0 radical (unpaired) electrons. The molecule has 0 fully saturated rings. The van der Waals surface area contributed by atoms with Gasteiger partial charge in [0.2, 0.25) is 0 Å². The molecule has 0 saturated carbocycles. The van der Waals surface area contributed by atoms with Gasteiger partial charge in [-0.2, -0.15) is 0 Å². The highest BCUT2D eigenvalue weighted by molar-refractivity contribution is 5.97. The number of benzene rings is 2. The Labute approximate surface area is 102 Å². The minimum atomic E-state index is -0.113. The molecule has 0 saturated heterocycles. The molecule has 3 nitrogen and oxygen atoms in total. The van der Waals surface area contributed by atoms with Crippen molar-refractivity contribution in [2.45, 2.75) is 6.42 Å². The van der Waals surface area contributed by atoms with E-state index in [9.17, 15) is 15.3 Å². The Balaban J connectivity index is 2.24. The van der Waals surface area contributed by atoms with Gasteiger partial charge >= 0.3 is 0 Å². The topological polar surface area (TPSA) is 60.7 Å². The van der Waals surface area contributed by atoms with Crippen LogP contribution in [-0.4, -0.2) is 15.3 Å². The molecule has 2 aromatic rings. The summed E-state index contributed by atoms with van der Waals surface area (Å²) in [5.41, 5.74) is 2.25. The zero-order valence-corrected chi connectivity index (χ0v) is 9.44. The fourth-order valence-electron chi connectivity index (χ4n) is 2.71. The Morgan fingerprint density at radius 1 is 0.833 bits per heavy atom. The van der Waals surface area contributed by atoms with E-state index in [0.29, 0.717) is 12.2 Å². The Morgan fingerprint density at radius 2 is 1.50 bits per heavy atom. The van der Waals surface area contributed by atoms with E-state index in [0.717, 1.165) is 32.3 Å². The van der Waals surface area contributed by atoms with Gasteiger partial charge in [0.1, 0.15) is 0 Å². The molecule has 0 aromatic heterocycles. The van der Waals surface area contributed by atoms with Crippen LogP contribution >= 0.6 is 0 Å². The van der Waals surface area contributed by atoms with E-state index in [-0.39, 0.29) is 11.5 Å².